The minimum atomic E-state index is -0.0350. The number of aliphatic hydroxyl groups is 1. The molecule has 6 heteroatoms. The SMILES string of the molecule is CC1(CO)CCCN(Cc2nc3sc4c(c3c(=O)[nH]2)CCC4)C1. The van der Waals surface area contributed by atoms with E-state index in [4.69, 9.17) is 4.98 Å². The summed E-state index contributed by atoms with van der Waals surface area (Å²) in [6, 6.07) is 0. The monoisotopic (exact) mass is 333 g/mol. The molecule has 0 radical (unpaired) electrons. The average molecular weight is 333 g/mol. The summed E-state index contributed by atoms with van der Waals surface area (Å²) in [5.74, 6) is 0.754. The first kappa shape index (κ1) is 15.3. The number of aromatic amines is 1. The number of fused-ring (bicyclic) bond motifs is 3. The van der Waals surface area contributed by atoms with Crippen molar-refractivity contribution < 1.29 is 5.11 Å². The number of aryl methyl sites for hydroxylation is 2. The number of hydrogen-bond donors (Lipinski definition) is 2. The van der Waals surface area contributed by atoms with E-state index in [0.717, 1.165) is 61.2 Å². The topological polar surface area (TPSA) is 69.2 Å². The van der Waals surface area contributed by atoms with Crippen molar-refractivity contribution in [2.45, 2.75) is 45.6 Å². The van der Waals surface area contributed by atoms with Gasteiger partial charge in [-0.25, -0.2) is 4.98 Å². The molecule has 0 saturated carbocycles. The van der Waals surface area contributed by atoms with E-state index >= 15 is 0 Å². The first-order chi connectivity index (χ1) is 11.1. The lowest BCUT2D eigenvalue weighted by Gasteiger charge is -2.39. The Hall–Kier alpha value is -1.24. The van der Waals surface area contributed by atoms with E-state index in [1.807, 2.05) is 0 Å². The van der Waals surface area contributed by atoms with Crippen molar-refractivity contribution in [3.63, 3.8) is 0 Å². The second-order valence-corrected chi connectivity index (χ2v) is 8.42. The molecule has 1 saturated heterocycles. The number of H-pyrrole nitrogens is 1. The molecule has 1 atom stereocenters. The number of hydrogen-bond acceptors (Lipinski definition) is 5. The van der Waals surface area contributed by atoms with Gasteiger partial charge in [-0.2, -0.15) is 0 Å². The van der Waals surface area contributed by atoms with Gasteiger partial charge >= 0.3 is 0 Å². The standard InChI is InChI=1S/C17H23N3O2S/c1-17(10-21)6-3-7-20(9-17)8-13-18-15(22)14-11-4-2-5-12(11)23-16(14)19-13/h21H,2-10H2,1H3,(H,18,19,22). The summed E-state index contributed by atoms with van der Waals surface area (Å²) in [5.41, 5.74) is 1.22. The first-order valence-corrected chi connectivity index (χ1v) is 9.26. The number of thiophene rings is 1. The van der Waals surface area contributed by atoms with E-state index in [1.165, 1.54) is 10.4 Å². The highest BCUT2D eigenvalue weighted by molar-refractivity contribution is 7.18. The van der Waals surface area contributed by atoms with Crippen LogP contribution in [0, 0.1) is 5.41 Å². The van der Waals surface area contributed by atoms with Gasteiger partial charge in [0.05, 0.1) is 11.9 Å². The summed E-state index contributed by atoms with van der Waals surface area (Å²) in [4.78, 5) is 24.8. The van der Waals surface area contributed by atoms with Crippen LogP contribution in [-0.4, -0.2) is 39.7 Å². The summed E-state index contributed by atoms with van der Waals surface area (Å²) in [6.45, 7) is 4.85. The maximum Gasteiger partial charge on any atom is 0.259 e. The number of aliphatic hydroxyl groups excluding tert-OH is 1. The number of piperidine rings is 1. The molecule has 1 fully saturated rings. The van der Waals surface area contributed by atoms with Crippen molar-refractivity contribution in [1.82, 2.24) is 14.9 Å². The number of aromatic nitrogens is 2. The van der Waals surface area contributed by atoms with Gasteiger partial charge in [0.2, 0.25) is 0 Å². The Balaban J connectivity index is 1.61. The quantitative estimate of drug-likeness (QED) is 0.902. The lowest BCUT2D eigenvalue weighted by atomic mass is 9.83. The Morgan fingerprint density at radius 2 is 2.26 bits per heavy atom. The van der Waals surface area contributed by atoms with Gasteiger partial charge in [-0.1, -0.05) is 6.92 Å². The van der Waals surface area contributed by atoms with Crippen molar-refractivity contribution in [1.29, 1.82) is 0 Å². The smallest absolute Gasteiger partial charge is 0.259 e. The van der Waals surface area contributed by atoms with Gasteiger partial charge in [0.15, 0.2) is 0 Å². The molecule has 0 bridgehead atoms. The summed E-state index contributed by atoms with van der Waals surface area (Å²) in [6.07, 6.45) is 5.40. The molecule has 0 spiro atoms. The molecule has 2 aromatic rings. The molecule has 2 aliphatic rings. The molecule has 1 aliphatic heterocycles. The van der Waals surface area contributed by atoms with Crippen LogP contribution in [0.2, 0.25) is 0 Å². The number of likely N-dealkylation sites (tertiary alicyclic amines) is 1. The normalized spacial score (nSPS) is 25.1. The first-order valence-electron chi connectivity index (χ1n) is 8.45. The predicted molar refractivity (Wildman–Crippen MR) is 92.0 cm³/mol. The van der Waals surface area contributed by atoms with Crippen LogP contribution in [0.3, 0.4) is 0 Å². The third-order valence-corrected chi connectivity index (χ3v) is 6.42. The van der Waals surface area contributed by atoms with Crippen LogP contribution in [0.5, 0.6) is 0 Å². The molecule has 1 unspecified atom stereocenters. The Bertz CT molecular complexity index is 797. The summed E-state index contributed by atoms with van der Waals surface area (Å²) >= 11 is 1.69. The van der Waals surface area contributed by atoms with Crippen LogP contribution in [0.1, 0.15) is 42.5 Å². The molecular formula is C17H23N3O2S. The van der Waals surface area contributed by atoms with E-state index < -0.39 is 0 Å². The van der Waals surface area contributed by atoms with Crippen LogP contribution < -0.4 is 5.56 Å². The highest BCUT2D eigenvalue weighted by Gasteiger charge is 2.30. The zero-order valence-corrected chi connectivity index (χ0v) is 14.3. The Morgan fingerprint density at radius 3 is 3.09 bits per heavy atom. The minimum absolute atomic E-state index is 0.0197. The molecule has 1 aliphatic carbocycles. The van der Waals surface area contributed by atoms with Crippen LogP contribution in [0.25, 0.3) is 10.2 Å². The predicted octanol–water partition coefficient (Wildman–Crippen LogP) is 2.07. The molecule has 5 nitrogen and oxygen atoms in total. The Labute approximate surface area is 139 Å². The van der Waals surface area contributed by atoms with E-state index in [0.29, 0.717) is 6.54 Å². The molecular weight excluding hydrogens is 310 g/mol. The highest BCUT2D eigenvalue weighted by atomic mass is 32.1. The van der Waals surface area contributed by atoms with E-state index in [2.05, 4.69) is 16.8 Å². The highest BCUT2D eigenvalue weighted by Crippen LogP contribution is 2.34. The van der Waals surface area contributed by atoms with Gasteiger partial charge in [0.1, 0.15) is 10.7 Å². The van der Waals surface area contributed by atoms with Crippen molar-refractivity contribution in [3.8, 4) is 0 Å². The summed E-state index contributed by atoms with van der Waals surface area (Å²) in [5, 5.41) is 10.4. The minimum Gasteiger partial charge on any atom is -0.396 e. The Kier molecular flexibility index (Phi) is 3.78. The number of nitrogens with one attached hydrogen (secondary N) is 1. The summed E-state index contributed by atoms with van der Waals surface area (Å²) < 4.78 is 0. The fraction of sp³-hybridized carbons (Fsp3) is 0.647. The second-order valence-electron chi connectivity index (χ2n) is 7.33. The molecule has 2 N–H and O–H groups in total. The lowest BCUT2D eigenvalue weighted by Crippen LogP contribution is -2.43. The average Bonchev–Trinajstić information content (AvgIpc) is 3.07. The van der Waals surface area contributed by atoms with Crippen LogP contribution in [0.4, 0.5) is 0 Å². The van der Waals surface area contributed by atoms with Crippen LogP contribution in [0.15, 0.2) is 4.79 Å². The fourth-order valence-electron chi connectivity index (χ4n) is 4.02. The zero-order chi connectivity index (χ0) is 16.0. The zero-order valence-electron chi connectivity index (χ0n) is 13.5. The van der Waals surface area contributed by atoms with E-state index in [1.54, 1.807) is 11.3 Å². The maximum absolute atomic E-state index is 12.5. The Morgan fingerprint density at radius 1 is 1.39 bits per heavy atom. The van der Waals surface area contributed by atoms with Crippen molar-refractivity contribution in [3.05, 3.63) is 26.6 Å². The second kappa shape index (κ2) is 5.69. The van der Waals surface area contributed by atoms with Gasteiger partial charge in [-0.3, -0.25) is 9.69 Å². The van der Waals surface area contributed by atoms with Crippen molar-refractivity contribution >= 4 is 21.6 Å². The molecule has 3 heterocycles. The van der Waals surface area contributed by atoms with Crippen molar-refractivity contribution in [2.24, 2.45) is 5.41 Å². The fourth-order valence-corrected chi connectivity index (χ4v) is 5.31. The largest absolute Gasteiger partial charge is 0.396 e. The molecule has 0 amide bonds. The van der Waals surface area contributed by atoms with Gasteiger partial charge in [-0.05, 0) is 44.2 Å². The van der Waals surface area contributed by atoms with Gasteiger partial charge < -0.3 is 10.1 Å². The van der Waals surface area contributed by atoms with E-state index in [-0.39, 0.29) is 17.6 Å². The maximum atomic E-state index is 12.5. The lowest BCUT2D eigenvalue weighted by molar-refractivity contribution is 0.0418. The molecule has 23 heavy (non-hydrogen) atoms. The van der Waals surface area contributed by atoms with Crippen LogP contribution in [-0.2, 0) is 19.4 Å². The van der Waals surface area contributed by atoms with Gasteiger partial charge in [0.25, 0.3) is 5.56 Å². The van der Waals surface area contributed by atoms with E-state index in [9.17, 15) is 9.90 Å². The van der Waals surface area contributed by atoms with Crippen molar-refractivity contribution in [2.75, 3.05) is 19.7 Å². The van der Waals surface area contributed by atoms with Gasteiger partial charge in [-0.15, -0.1) is 11.3 Å². The molecule has 4 rings (SSSR count). The molecule has 0 aromatic carbocycles. The third kappa shape index (κ3) is 2.73. The molecule has 124 valence electrons. The summed E-state index contributed by atoms with van der Waals surface area (Å²) in [7, 11) is 0. The van der Waals surface area contributed by atoms with Crippen LogP contribution >= 0.6 is 11.3 Å². The number of rotatable bonds is 3. The molecule has 2 aromatic heterocycles. The number of nitrogens with zero attached hydrogens (tertiary/aromatic N) is 2. The van der Waals surface area contributed by atoms with Gasteiger partial charge in [0, 0.05) is 23.4 Å². The third-order valence-electron chi connectivity index (χ3n) is 5.24.